The number of cyclic esters (lactones) is 1. The minimum Gasteiger partial charge on any atom is -0.446 e. The van der Waals surface area contributed by atoms with Crippen LogP contribution in [0.2, 0.25) is 0 Å². The van der Waals surface area contributed by atoms with Gasteiger partial charge in [0, 0.05) is 7.05 Å². The summed E-state index contributed by atoms with van der Waals surface area (Å²) in [5.74, 6) is -0.313. The molecule has 1 aromatic rings. The number of ether oxygens (including phenoxy) is 2. The fourth-order valence-corrected chi connectivity index (χ4v) is 1.57. The smallest absolute Gasteiger partial charge is 0.433 e. The maximum Gasteiger partial charge on any atom is 0.433 e. The van der Waals surface area contributed by atoms with Crippen LogP contribution in [0.15, 0.2) is 21.7 Å². The third-order valence-corrected chi connectivity index (χ3v) is 2.58. The van der Waals surface area contributed by atoms with Crippen molar-refractivity contribution in [3.8, 4) is 0 Å². The van der Waals surface area contributed by atoms with Crippen molar-refractivity contribution in [1.29, 1.82) is 0 Å². The zero-order valence-corrected chi connectivity index (χ0v) is 11.4. The van der Waals surface area contributed by atoms with Gasteiger partial charge in [-0.05, 0) is 6.07 Å². The molecule has 2 heterocycles. The van der Waals surface area contributed by atoms with Crippen LogP contribution in [0.25, 0.3) is 0 Å². The Balaban J connectivity index is 1.89. The molecule has 22 heavy (non-hydrogen) atoms. The van der Waals surface area contributed by atoms with E-state index in [0.29, 0.717) is 0 Å². The minimum atomic E-state index is -0.720. The van der Waals surface area contributed by atoms with Crippen molar-refractivity contribution in [2.75, 3.05) is 20.2 Å². The van der Waals surface area contributed by atoms with Crippen molar-refractivity contribution in [2.24, 2.45) is 5.10 Å². The molecule has 1 fully saturated rings. The van der Waals surface area contributed by atoms with Crippen LogP contribution in [0, 0.1) is 10.1 Å². The predicted molar refractivity (Wildman–Crippen MR) is 70.3 cm³/mol. The molecule has 1 aliphatic heterocycles. The Morgan fingerprint density at radius 1 is 1.68 bits per heavy atom. The molecule has 2 amide bonds. The average Bonchev–Trinajstić information content (AvgIpc) is 3.09. The third kappa shape index (κ3) is 3.71. The van der Waals surface area contributed by atoms with Gasteiger partial charge in [-0.1, -0.05) is 0 Å². The molecule has 0 aromatic carbocycles. The summed E-state index contributed by atoms with van der Waals surface area (Å²) in [4.78, 5) is 32.2. The molecule has 0 radical (unpaired) electrons. The Labute approximate surface area is 123 Å². The number of nitro groups is 1. The highest BCUT2D eigenvalue weighted by atomic mass is 16.6. The lowest BCUT2D eigenvalue weighted by Crippen LogP contribution is -2.27. The number of hydrazone groups is 1. The van der Waals surface area contributed by atoms with Crippen molar-refractivity contribution < 1.29 is 28.4 Å². The second kappa shape index (κ2) is 6.56. The summed E-state index contributed by atoms with van der Waals surface area (Å²) in [6, 6.07) is 2.51. The van der Waals surface area contributed by atoms with Crippen LogP contribution >= 0.6 is 0 Å². The molecule has 0 spiro atoms. The Kier molecular flexibility index (Phi) is 4.56. The molecular formula is C11H12N4O7. The van der Waals surface area contributed by atoms with Gasteiger partial charge < -0.3 is 19.2 Å². The van der Waals surface area contributed by atoms with Gasteiger partial charge in [0.25, 0.3) is 0 Å². The maximum absolute atomic E-state index is 11.5. The van der Waals surface area contributed by atoms with E-state index >= 15 is 0 Å². The van der Waals surface area contributed by atoms with E-state index in [1.54, 1.807) is 0 Å². The summed E-state index contributed by atoms with van der Waals surface area (Å²) in [5.41, 5.74) is 0. The lowest BCUT2D eigenvalue weighted by Gasteiger charge is -2.07. The van der Waals surface area contributed by atoms with E-state index in [2.05, 4.69) is 10.4 Å². The molecule has 1 unspecified atom stereocenters. The first kappa shape index (κ1) is 15.3. The number of alkyl carbamates (subject to hydrolysis) is 1. The average molecular weight is 312 g/mol. The van der Waals surface area contributed by atoms with E-state index in [1.165, 1.54) is 19.2 Å². The molecule has 11 nitrogen and oxygen atoms in total. The molecule has 2 rings (SSSR count). The first-order chi connectivity index (χ1) is 10.5. The maximum atomic E-state index is 11.5. The largest absolute Gasteiger partial charge is 0.446 e. The van der Waals surface area contributed by atoms with Gasteiger partial charge in [-0.15, -0.1) is 0 Å². The molecule has 0 saturated carbocycles. The lowest BCUT2D eigenvalue weighted by molar-refractivity contribution is -0.402. The molecule has 1 aliphatic rings. The van der Waals surface area contributed by atoms with E-state index < -0.39 is 29.1 Å². The summed E-state index contributed by atoms with van der Waals surface area (Å²) in [6.07, 6.45) is -0.854. The van der Waals surface area contributed by atoms with Crippen LogP contribution in [0.5, 0.6) is 0 Å². The number of amides is 2. The predicted octanol–water partition coefficient (Wildman–Crippen LogP) is 0.699. The summed E-state index contributed by atoms with van der Waals surface area (Å²) in [7, 11) is 1.40. The van der Waals surface area contributed by atoms with E-state index in [4.69, 9.17) is 13.9 Å². The highest BCUT2D eigenvalue weighted by molar-refractivity contribution is 5.78. The lowest BCUT2D eigenvalue weighted by atomic mass is 10.4. The molecule has 1 N–H and O–H groups in total. The normalized spacial score (nSPS) is 17.6. The molecule has 0 aliphatic carbocycles. The van der Waals surface area contributed by atoms with Crippen LogP contribution in [-0.2, 0) is 9.47 Å². The zero-order chi connectivity index (χ0) is 16.1. The van der Waals surface area contributed by atoms with E-state index in [-0.39, 0.29) is 18.9 Å². The fourth-order valence-electron chi connectivity index (χ4n) is 1.57. The number of nitrogens with zero attached hydrogens (tertiary/aromatic N) is 3. The molecule has 1 aromatic heterocycles. The third-order valence-electron chi connectivity index (χ3n) is 2.58. The van der Waals surface area contributed by atoms with Gasteiger partial charge in [0.15, 0.2) is 11.9 Å². The van der Waals surface area contributed by atoms with Gasteiger partial charge in [0.2, 0.25) is 0 Å². The number of hydrogen-bond acceptors (Lipinski definition) is 8. The first-order valence-corrected chi connectivity index (χ1v) is 6.10. The number of carbonyl (C=O) groups is 2. The minimum absolute atomic E-state index is 0.0785. The van der Waals surface area contributed by atoms with E-state index in [1.807, 2.05) is 0 Å². The van der Waals surface area contributed by atoms with Gasteiger partial charge in [0.05, 0.1) is 18.8 Å². The van der Waals surface area contributed by atoms with E-state index in [9.17, 15) is 19.7 Å². The topological polar surface area (TPSA) is 137 Å². The van der Waals surface area contributed by atoms with Crippen LogP contribution in [0.3, 0.4) is 0 Å². The van der Waals surface area contributed by atoms with Crippen molar-refractivity contribution in [3.05, 3.63) is 28.0 Å². The van der Waals surface area contributed by atoms with Crippen LogP contribution in [0.1, 0.15) is 5.76 Å². The summed E-state index contributed by atoms with van der Waals surface area (Å²) >= 11 is 0. The Hall–Kier alpha value is -3.11. The van der Waals surface area contributed by atoms with Crippen molar-refractivity contribution in [3.63, 3.8) is 0 Å². The van der Waals surface area contributed by atoms with Crippen molar-refractivity contribution in [1.82, 2.24) is 10.3 Å². The fraction of sp³-hybridized carbons (Fsp3) is 0.364. The van der Waals surface area contributed by atoms with Crippen LogP contribution < -0.4 is 5.32 Å². The molecule has 1 atom stereocenters. The number of furan rings is 1. The molecule has 11 heteroatoms. The molecule has 118 valence electrons. The number of hydrogen-bond donors (Lipinski definition) is 1. The van der Waals surface area contributed by atoms with E-state index in [0.717, 1.165) is 11.2 Å². The summed E-state index contributed by atoms with van der Waals surface area (Å²) < 4.78 is 14.6. The molecular weight excluding hydrogens is 300 g/mol. The first-order valence-electron chi connectivity index (χ1n) is 6.10. The quantitative estimate of drug-likeness (QED) is 0.480. The van der Waals surface area contributed by atoms with Crippen molar-refractivity contribution in [2.45, 2.75) is 6.10 Å². The number of nitrogens with one attached hydrogen (secondary N) is 1. The number of rotatable bonds is 5. The zero-order valence-electron chi connectivity index (χ0n) is 11.4. The summed E-state index contributed by atoms with van der Waals surface area (Å²) in [5, 5.41) is 17.5. The Morgan fingerprint density at radius 3 is 3.09 bits per heavy atom. The Morgan fingerprint density at radius 2 is 2.45 bits per heavy atom. The second-order valence-electron chi connectivity index (χ2n) is 4.11. The highest BCUT2D eigenvalue weighted by Gasteiger charge is 2.32. The summed E-state index contributed by atoms with van der Waals surface area (Å²) in [6.45, 7) is -0.0290. The molecule has 1 saturated heterocycles. The van der Waals surface area contributed by atoms with Gasteiger partial charge in [-0.2, -0.15) is 10.1 Å². The van der Waals surface area contributed by atoms with Crippen LogP contribution in [0.4, 0.5) is 15.5 Å². The van der Waals surface area contributed by atoms with Gasteiger partial charge >= 0.3 is 18.1 Å². The van der Waals surface area contributed by atoms with Crippen molar-refractivity contribution >= 4 is 24.3 Å². The van der Waals surface area contributed by atoms with Gasteiger partial charge in [-0.25, -0.2) is 9.59 Å². The monoisotopic (exact) mass is 312 g/mol. The van der Waals surface area contributed by atoms with Gasteiger partial charge in [0.1, 0.15) is 11.5 Å². The standard InChI is InChI=1S/C11H12N4O7/c1-12-10(16)20-6-8-5-14(11(17)22-8)13-4-7-2-3-9(21-7)15(18)19/h2-4,8H,5-6H2,1H3,(H,12,16). The second-order valence-corrected chi connectivity index (χ2v) is 4.11. The van der Waals surface area contributed by atoms with Crippen LogP contribution in [-0.4, -0.2) is 54.6 Å². The Bertz CT molecular complexity index is 611. The highest BCUT2D eigenvalue weighted by Crippen LogP contribution is 2.15. The number of carbonyl (C=O) groups excluding carboxylic acids is 2. The molecule has 0 bridgehead atoms. The SMILES string of the molecule is CNC(=O)OCC1CN(N=Cc2ccc([N+](=O)[O-])o2)C(=O)O1. The van der Waals surface area contributed by atoms with Gasteiger partial charge in [-0.3, -0.25) is 10.1 Å².